The van der Waals surface area contributed by atoms with Gasteiger partial charge < -0.3 is 4.74 Å². The summed E-state index contributed by atoms with van der Waals surface area (Å²) in [5.74, 6) is 0.657. The van der Waals surface area contributed by atoms with Gasteiger partial charge in [0.1, 0.15) is 4.08 Å². The number of hydrogen-bond donors (Lipinski definition) is 0. The fourth-order valence-corrected chi connectivity index (χ4v) is 6.96. The second-order valence-electron chi connectivity index (χ2n) is 4.39. The summed E-state index contributed by atoms with van der Waals surface area (Å²) in [6, 6.07) is 0. The Morgan fingerprint density at radius 1 is 1.50 bits per heavy atom. The molecular formula is C10H16O4S2. The van der Waals surface area contributed by atoms with E-state index in [1.165, 1.54) is 18.9 Å². The van der Waals surface area contributed by atoms with Crippen molar-refractivity contribution in [3.8, 4) is 0 Å². The minimum atomic E-state index is -3.04. The van der Waals surface area contributed by atoms with Crippen molar-refractivity contribution in [1.82, 2.24) is 0 Å². The van der Waals surface area contributed by atoms with E-state index in [1.807, 2.05) is 0 Å². The fourth-order valence-electron chi connectivity index (χ4n) is 2.54. The van der Waals surface area contributed by atoms with Gasteiger partial charge in [0.05, 0.1) is 18.8 Å². The highest BCUT2D eigenvalue weighted by atomic mass is 32.3. The lowest BCUT2D eigenvalue weighted by Gasteiger charge is -2.32. The van der Waals surface area contributed by atoms with Crippen LogP contribution in [0.2, 0.25) is 0 Å². The summed E-state index contributed by atoms with van der Waals surface area (Å²) in [5, 5.41) is 0. The van der Waals surface area contributed by atoms with Gasteiger partial charge in [-0.25, -0.2) is 8.42 Å². The molecule has 2 unspecified atom stereocenters. The highest BCUT2D eigenvalue weighted by Gasteiger charge is 2.52. The maximum absolute atomic E-state index is 12.1. The molecule has 16 heavy (non-hydrogen) atoms. The molecule has 0 radical (unpaired) electrons. The van der Waals surface area contributed by atoms with E-state index in [4.69, 9.17) is 4.74 Å². The monoisotopic (exact) mass is 264 g/mol. The number of hydrogen-bond acceptors (Lipinski definition) is 5. The van der Waals surface area contributed by atoms with Crippen LogP contribution in [0.15, 0.2) is 0 Å². The Hall–Kier alpha value is -0.230. The fraction of sp³-hybridized carbons (Fsp3) is 0.900. The van der Waals surface area contributed by atoms with E-state index in [-0.39, 0.29) is 17.6 Å². The molecule has 6 heteroatoms. The van der Waals surface area contributed by atoms with Crippen LogP contribution in [0.5, 0.6) is 0 Å². The summed E-state index contributed by atoms with van der Waals surface area (Å²) in [7, 11) is -1.69. The first-order valence-electron chi connectivity index (χ1n) is 5.45. The average Bonchev–Trinajstić information content (AvgIpc) is 2.68. The van der Waals surface area contributed by atoms with Gasteiger partial charge >= 0.3 is 5.97 Å². The average molecular weight is 264 g/mol. The summed E-state index contributed by atoms with van der Waals surface area (Å²) in [5.41, 5.74) is 0. The number of carbonyl (C=O) groups is 1. The molecule has 0 aromatic rings. The highest BCUT2D eigenvalue weighted by molar-refractivity contribution is 8.15. The second kappa shape index (κ2) is 4.22. The van der Waals surface area contributed by atoms with Crippen molar-refractivity contribution in [3.05, 3.63) is 0 Å². The zero-order valence-electron chi connectivity index (χ0n) is 9.27. The van der Waals surface area contributed by atoms with Crippen LogP contribution >= 0.6 is 11.8 Å². The largest absolute Gasteiger partial charge is 0.469 e. The van der Waals surface area contributed by atoms with E-state index in [2.05, 4.69) is 0 Å². The molecule has 4 nitrogen and oxygen atoms in total. The smallest absolute Gasteiger partial charge is 0.308 e. The van der Waals surface area contributed by atoms with Crippen molar-refractivity contribution in [2.75, 3.05) is 18.6 Å². The van der Waals surface area contributed by atoms with Gasteiger partial charge in [-0.05, 0) is 31.4 Å². The normalized spacial score (nSPS) is 37.4. The third kappa shape index (κ3) is 1.86. The Kier molecular flexibility index (Phi) is 3.22. The molecule has 1 aliphatic carbocycles. The number of carbonyl (C=O) groups excluding carboxylic acids is 1. The van der Waals surface area contributed by atoms with Gasteiger partial charge in [0, 0.05) is 0 Å². The molecule has 2 fully saturated rings. The van der Waals surface area contributed by atoms with E-state index in [0.717, 1.165) is 12.2 Å². The summed E-state index contributed by atoms with van der Waals surface area (Å²) in [4.78, 5) is 11.4. The van der Waals surface area contributed by atoms with E-state index < -0.39 is 13.9 Å². The van der Waals surface area contributed by atoms with E-state index in [0.29, 0.717) is 19.3 Å². The molecule has 1 aliphatic heterocycles. The van der Waals surface area contributed by atoms with Gasteiger partial charge in [-0.3, -0.25) is 4.79 Å². The molecule has 0 amide bonds. The standard InChI is InChI=1S/C10H16O4S2/c1-14-9(11)8-3-4-10(7-8)15-5-2-6-16(10,12)13/h8H,2-7H2,1H3. The van der Waals surface area contributed by atoms with Gasteiger partial charge in [0.25, 0.3) is 0 Å². The van der Waals surface area contributed by atoms with Gasteiger partial charge in [0.15, 0.2) is 9.84 Å². The molecule has 0 aromatic heterocycles. The minimum absolute atomic E-state index is 0.231. The Morgan fingerprint density at radius 3 is 2.88 bits per heavy atom. The molecule has 0 aromatic carbocycles. The lowest BCUT2D eigenvalue weighted by Crippen LogP contribution is -2.38. The topological polar surface area (TPSA) is 60.4 Å². The maximum Gasteiger partial charge on any atom is 0.308 e. The molecule has 2 atom stereocenters. The lowest BCUT2D eigenvalue weighted by molar-refractivity contribution is -0.145. The van der Waals surface area contributed by atoms with Gasteiger partial charge in [-0.2, -0.15) is 0 Å². The predicted molar refractivity (Wildman–Crippen MR) is 62.9 cm³/mol. The molecule has 2 aliphatic rings. The number of ether oxygens (including phenoxy) is 1. The molecule has 1 spiro atoms. The van der Waals surface area contributed by atoms with Crippen molar-refractivity contribution in [2.45, 2.75) is 29.8 Å². The zero-order valence-corrected chi connectivity index (χ0v) is 10.9. The van der Waals surface area contributed by atoms with Gasteiger partial charge in [0.2, 0.25) is 0 Å². The maximum atomic E-state index is 12.1. The SMILES string of the molecule is COC(=O)C1CCC2(C1)SCCCS2(=O)=O. The summed E-state index contributed by atoms with van der Waals surface area (Å²) in [6.07, 6.45) is 2.41. The first-order valence-corrected chi connectivity index (χ1v) is 8.09. The molecule has 92 valence electrons. The number of esters is 1. The van der Waals surface area contributed by atoms with Crippen LogP contribution in [-0.4, -0.2) is 37.1 Å². The Bertz CT molecular complexity index is 390. The molecule has 1 saturated heterocycles. The Labute approximate surface area is 100 Å². The number of rotatable bonds is 1. The third-order valence-electron chi connectivity index (χ3n) is 3.45. The number of methoxy groups -OCH3 is 1. The zero-order chi connectivity index (χ0) is 11.8. The molecule has 0 bridgehead atoms. The summed E-state index contributed by atoms with van der Waals surface area (Å²) >= 11 is 1.52. The van der Waals surface area contributed by atoms with Crippen LogP contribution in [0.1, 0.15) is 25.7 Å². The minimum Gasteiger partial charge on any atom is -0.469 e. The molecule has 1 heterocycles. The Balaban J connectivity index is 2.19. The second-order valence-corrected chi connectivity index (χ2v) is 8.55. The summed E-state index contributed by atoms with van der Waals surface area (Å²) < 4.78 is 28.2. The van der Waals surface area contributed by atoms with Crippen molar-refractivity contribution in [2.24, 2.45) is 5.92 Å². The Morgan fingerprint density at radius 2 is 2.25 bits per heavy atom. The number of thioether (sulfide) groups is 1. The van der Waals surface area contributed by atoms with Gasteiger partial charge in [-0.1, -0.05) is 0 Å². The molecular weight excluding hydrogens is 248 g/mol. The first kappa shape index (κ1) is 12.2. The lowest BCUT2D eigenvalue weighted by atomic mass is 10.1. The van der Waals surface area contributed by atoms with Crippen LogP contribution in [0.4, 0.5) is 0 Å². The van der Waals surface area contributed by atoms with Gasteiger partial charge in [-0.15, -0.1) is 11.8 Å². The molecule has 0 N–H and O–H groups in total. The van der Waals surface area contributed by atoms with Crippen molar-refractivity contribution < 1.29 is 17.9 Å². The van der Waals surface area contributed by atoms with E-state index >= 15 is 0 Å². The van der Waals surface area contributed by atoms with Crippen molar-refractivity contribution in [3.63, 3.8) is 0 Å². The van der Waals surface area contributed by atoms with Crippen LogP contribution < -0.4 is 0 Å². The van der Waals surface area contributed by atoms with Crippen LogP contribution in [0, 0.1) is 5.92 Å². The van der Waals surface area contributed by atoms with Crippen LogP contribution in [-0.2, 0) is 19.4 Å². The molecule has 1 saturated carbocycles. The van der Waals surface area contributed by atoms with E-state index in [1.54, 1.807) is 0 Å². The quantitative estimate of drug-likeness (QED) is 0.666. The van der Waals surface area contributed by atoms with Crippen molar-refractivity contribution >= 4 is 27.6 Å². The van der Waals surface area contributed by atoms with Crippen molar-refractivity contribution in [1.29, 1.82) is 0 Å². The highest BCUT2D eigenvalue weighted by Crippen LogP contribution is 2.51. The van der Waals surface area contributed by atoms with Crippen LogP contribution in [0.3, 0.4) is 0 Å². The van der Waals surface area contributed by atoms with E-state index in [9.17, 15) is 13.2 Å². The summed E-state index contributed by atoms with van der Waals surface area (Å²) in [6.45, 7) is 0. The predicted octanol–water partition coefficient (Wildman–Crippen LogP) is 1.21. The third-order valence-corrected chi connectivity index (χ3v) is 8.29. The number of sulfone groups is 1. The first-order chi connectivity index (χ1) is 7.51. The molecule has 2 rings (SSSR count). The van der Waals surface area contributed by atoms with Crippen LogP contribution in [0.25, 0.3) is 0 Å².